The predicted octanol–water partition coefficient (Wildman–Crippen LogP) is 3.40. The Morgan fingerprint density at radius 3 is 2.62 bits per heavy atom. The lowest BCUT2D eigenvalue weighted by Crippen LogP contribution is -2.20. The van der Waals surface area contributed by atoms with Crippen LogP contribution in [0.5, 0.6) is 0 Å². The van der Waals surface area contributed by atoms with Crippen molar-refractivity contribution in [1.82, 2.24) is 9.78 Å². The summed E-state index contributed by atoms with van der Waals surface area (Å²) in [6.45, 7) is 6.83. The maximum absolute atomic E-state index is 9.20. The van der Waals surface area contributed by atoms with Crippen LogP contribution < -0.4 is 9.80 Å². The summed E-state index contributed by atoms with van der Waals surface area (Å²) in [6, 6.07) is 14.6. The van der Waals surface area contributed by atoms with Crippen LogP contribution in [0.25, 0.3) is 10.9 Å². The topological polar surface area (TPSA) is 44.5 Å². The van der Waals surface area contributed by atoms with Gasteiger partial charge in [-0.2, -0.15) is 5.10 Å². The first-order chi connectivity index (χ1) is 11.6. The van der Waals surface area contributed by atoms with Crippen molar-refractivity contribution in [3.05, 3.63) is 60.6 Å². The molecule has 0 aliphatic carbocycles. The zero-order chi connectivity index (χ0) is 16.8. The first-order valence-electron chi connectivity index (χ1n) is 8.01. The summed E-state index contributed by atoms with van der Waals surface area (Å²) in [7, 11) is 2.03. The van der Waals surface area contributed by atoms with Crippen LogP contribution in [0.3, 0.4) is 0 Å². The first kappa shape index (κ1) is 14.8. The second-order valence-electron chi connectivity index (χ2n) is 6.03. The quantitative estimate of drug-likeness (QED) is 0.803. The fraction of sp³-hybridized carbons (Fsp3) is 0.211. The van der Waals surface area contributed by atoms with Crippen molar-refractivity contribution in [2.24, 2.45) is 0 Å². The Labute approximate surface area is 141 Å². The molecule has 4 rings (SSSR count). The van der Waals surface area contributed by atoms with E-state index < -0.39 is 0 Å². The van der Waals surface area contributed by atoms with Gasteiger partial charge < -0.3 is 10.0 Å². The predicted molar refractivity (Wildman–Crippen MR) is 97.7 cm³/mol. The van der Waals surface area contributed by atoms with E-state index in [0.29, 0.717) is 6.54 Å². The van der Waals surface area contributed by atoms with Crippen molar-refractivity contribution in [3.8, 4) is 0 Å². The van der Waals surface area contributed by atoms with Crippen molar-refractivity contribution in [3.63, 3.8) is 0 Å². The molecule has 122 valence electrons. The third kappa shape index (κ3) is 2.02. The molecule has 2 heterocycles. The van der Waals surface area contributed by atoms with Gasteiger partial charge >= 0.3 is 0 Å². The van der Waals surface area contributed by atoms with Gasteiger partial charge in [0.15, 0.2) is 0 Å². The molecule has 0 spiro atoms. The van der Waals surface area contributed by atoms with Gasteiger partial charge in [0.1, 0.15) is 5.82 Å². The number of fused-ring (bicyclic) bond motifs is 2. The maximum atomic E-state index is 9.20. The van der Waals surface area contributed by atoms with Gasteiger partial charge in [-0.3, -0.25) is 9.58 Å². The zero-order valence-electron chi connectivity index (χ0n) is 13.9. The molecule has 24 heavy (non-hydrogen) atoms. The number of aryl methyl sites for hydroxylation is 1. The number of rotatable bonds is 3. The molecular formula is C19H20N4O. The number of hydrogen-bond donors (Lipinski definition) is 1. The van der Waals surface area contributed by atoms with Gasteiger partial charge in [-0.25, -0.2) is 0 Å². The molecule has 0 unspecified atom stereocenters. The molecule has 1 aliphatic heterocycles. The van der Waals surface area contributed by atoms with Crippen LogP contribution in [-0.4, -0.2) is 28.5 Å². The van der Waals surface area contributed by atoms with Crippen molar-refractivity contribution in [1.29, 1.82) is 0 Å². The smallest absolute Gasteiger partial charge is 0.110 e. The molecular weight excluding hydrogens is 300 g/mol. The summed E-state index contributed by atoms with van der Waals surface area (Å²) in [5.74, 6) is 0.927. The zero-order valence-corrected chi connectivity index (χ0v) is 13.9. The highest BCUT2D eigenvalue weighted by Crippen LogP contribution is 2.44. The molecule has 0 bridgehead atoms. The highest BCUT2D eigenvalue weighted by atomic mass is 16.3. The van der Waals surface area contributed by atoms with E-state index >= 15 is 0 Å². The maximum Gasteiger partial charge on any atom is 0.110 e. The second-order valence-corrected chi connectivity index (χ2v) is 6.03. The minimum absolute atomic E-state index is 0.0824. The van der Waals surface area contributed by atoms with E-state index in [9.17, 15) is 5.11 Å². The van der Waals surface area contributed by atoms with Crippen LogP contribution in [0, 0.1) is 6.92 Å². The van der Waals surface area contributed by atoms with E-state index in [-0.39, 0.29) is 6.61 Å². The molecule has 0 amide bonds. The number of aromatic nitrogens is 2. The molecule has 2 aromatic carbocycles. The van der Waals surface area contributed by atoms with Gasteiger partial charge in [-0.15, -0.1) is 0 Å². The molecule has 0 atom stereocenters. The molecule has 1 aromatic heterocycles. The molecule has 5 nitrogen and oxygen atoms in total. The van der Waals surface area contributed by atoms with Crippen LogP contribution in [0.2, 0.25) is 0 Å². The summed E-state index contributed by atoms with van der Waals surface area (Å²) in [4.78, 5) is 4.26. The average molecular weight is 320 g/mol. The highest BCUT2D eigenvalue weighted by Gasteiger charge is 2.28. The van der Waals surface area contributed by atoms with E-state index in [2.05, 4.69) is 51.8 Å². The number of aliphatic hydroxyl groups excluding tert-OH is 1. The summed E-state index contributed by atoms with van der Waals surface area (Å²) in [5.41, 5.74) is 5.35. The van der Waals surface area contributed by atoms with Crippen molar-refractivity contribution in [2.75, 3.05) is 23.5 Å². The first-order valence-corrected chi connectivity index (χ1v) is 8.01. The number of nitrogens with zero attached hydrogens (tertiary/aromatic N) is 4. The Bertz CT molecular complexity index is 944. The van der Waals surface area contributed by atoms with Gasteiger partial charge in [0.2, 0.25) is 0 Å². The van der Waals surface area contributed by atoms with Gasteiger partial charge in [0, 0.05) is 18.1 Å². The number of para-hydroxylation sites is 2. The van der Waals surface area contributed by atoms with E-state index in [1.54, 1.807) is 0 Å². The van der Waals surface area contributed by atoms with Crippen LogP contribution in [0.1, 0.15) is 5.69 Å². The summed E-state index contributed by atoms with van der Waals surface area (Å²) >= 11 is 0. The number of anilines is 3. The van der Waals surface area contributed by atoms with Crippen LogP contribution in [0.4, 0.5) is 17.1 Å². The number of hydrogen-bond acceptors (Lipinski definition) is 4. The molecule has 0 radical (unpaired) electrons. The van der Waals surface area contributed by atoms with E-state index in [1.165, 1.54) is 0 Å². The van der Waals surface area contributed by atoms with Crippen molar-refractivity contribution < 1.29 is 5.11 Å². The Hall–Kier alpha value is -2.79. The summed E-state index contributed by atoms with van der Waals surface area (Å²) < 4.78 is 1.85. The summed E-state index contributed by atoms with van der Waals surface area (Å²) in [5, 5.41) is 14.8. The normalized spacial score (nSPS) is 13.9. The monoisotopic (exact) mass is 320 g/mol. The van der Waals surface area contributed by atoms with Crippen LogP contribution in [0.15, 0.2) is 54.9 Å². The average Bonchev–Trinajstić information content (AvgIpc) is 3.03. The van der Waals surface area contributed by atoms with Gasteiger partial charge in [-0.1, -0.05) is 18.7 Å². The Morgan fingerprint density at radius 2 is 1.88 bits per heavy atom. The third-order valence-electron chi connectivity index (χ3n) is 4.62. The minimum Gasteiger partial charge on any atom is -0.394 e. The summed E-state index contributed by atoms with van der Waals surface area (Å²) in [6.07, 6.45) is 0. The lowest BCUT2D eigenvalue weighted by atomic mass is 10.1. The van der Waals surface area contributed by atoms with Crippen LogP contribution in [-0.2, 0) is 6.54 Å². The minimum atomic E-state index is 0.0824. The molecule has 1 N–H and O–H groups in total. The van der Waals surface area contributed by atoms with E-state index in [4.69, 9.17) is 0 Å². The third-order valence-corrected chi connectivity index (χ3v) is 4.62. The molecule has 0 saturated heterocycles. The highest BCUT2D eigenvalue weighted by molar-refractivity contribution is 5.92. The number of aliphatic hydroxyl groups is 1. The fourth-order valence-corrected chi connectivity index (χ4v) is 3.39. The van der Waals surface area contributed by atoms with Gasteiger partial charge in [0.05, 0.1) is 35.7 Å². The van der Waals surface area contributed by atoms with E-state index in [1.807, 2.05) is 30.8 Å². The van der Waals surface area contributed by atoms with Crippen molar-refractivity contribution >= 4 is 28.0 Å². The second kappa shape index (κ2) is 5.39. The fourth-order valence-electron chi connectivity index (χ4n) is 3.39. The molecule has 0 saturated carbocycles. The number of benzene rings is 2. The molecule has 0 fully saturated rings. The Morgan fingerprint density at radius 1 is 1.12 bits per heavy atom. The molecule has 1 aliphatic rings. The van der Waals surface area contributed by atoms with Gasteiger partial charge in [-0.05, 0) is 37.3 Å². The lowest BCUT2D eigenvalue weighted by molar-refractivity contribution is 0.271. The Balaban J connectivity index is 1.86. The standard InChI is InChI=1S/C19H20N4O/c1-13-16-12-15(8-9-17(16)22(20-13)10-11-24)23-14(2)21(3)18-6-4-5-7-19(18)23/h4-9,12,24H,2,10-11H2,1,3H3. The van der Waals surface area contributed by atoms with E-state index in [0.717, 1.165) is 39.5 Å². The van der Waals surface area contributed by atoms with Crippen molar-refractivity contribution in [2.45, 2.75) is 13.5 Å². The van der Waals surface area contributed by atoms with Gasteiger partial charge in [0.25, 0.3) is 0 Å². The molecule has 3 aromatic rings. The largest absolute Gasteiger partial charge is 0.394 e. The lowest BCUT2D eigenvalue weighted by Gasteiger charge is -2.22. The van der Waals surface area contributed by atoms with Crippen LogP contribution >= 0.6 is 0 Å². The Kier molecular flexibility index (Phi) is 3.32. The molecule has 5 heteroatoms. The SMILES string of the molecule is C=C1N(C)c2ccccc2N1c1ccc2c(c1)c(C)nn2CCO.